The molecule has 2 rings (SSSR count). The Balaban J connectivity index is 1.59. The summed E-state index contributed by atoms with van der Waals surface area (Å²) in [6, 6.07) is 0.293. The van der Waals surface area contributed by atoms with Crippen LogP contribution < -0.4 is 10.6 Å². The molecule has 0 aliphatic heterocycles. The number of nitrogens with one attached hydrogen (secondary N) is 2. The van der Waals surface area contributed by atoms with Gasteiger partial charge in [0.05, 0.1) is 0 Å². The second kappa shape index (κ2) is 6.33. The highest BCUT2D eigenvalue weighted by atomic mass is 16.6. The normalized spacial score (nSPS) is 30.3. The molecule has 0 aromatic heterocycles. The monoisotopic (exact) mass is 282 g/mol. The lowest BCUT2D eigenvalue weighted by atomic mass is 9.89. The van der Waals surface area contributed by atoms with E-state index in [4.69, 9.17) is 4.74 Å². The van der Waals surface area contributed by atoms with Gasteiger partial charge in [0.2, 0.25) is 0 Å². The maximum Gasteiger partial charge on any atom is 0.407 e. The SMILES string of the molecule is CC(CNC(=O)OC(C)(C)C)NCC1CC2CCC1C2. The van der Waals surface area contributed by atoms with Crippen molar-refractivity contribution in [3.05, 3.63) is 0 Å². The van der Waals surface area contributed by atoms with Gasteiger partial charge in [-0.25, -0.2) is 4.79 Å². The largest absolute Gasteiger partial charge is 0.444 e. The summed E-state index contributed by atoms with van der Waals surface area (Å²) in [6.07, 6.45) is 5.42. The Bertz CT molecular complexity index is 338. The Morgan fingerprint density at radius 2 is 2.05 bits per heavy atom. The van der Waals surface area contributed by atoms with Gasteiger partial charge in [0.15, 0.2) is 0 Å². The summed E-state index contributed by atoms with van der Waals surface area (Å²) in [5.74, 6) is 2.82. The van der Waals surface area contributed by atoms with E-state index in [9.17, 15) is 4.79 Å². The lowest BCUT2D eigenvalue weighted by Gasteiger charge is -2.25. The van der Waals surface area contributed by atoms with E-state index in [1.807, 2.05) is 20.8 Å². The first kappa shape index (κ1) is 15.6. The first-order valence-corrected chi connectivity index (χ1v) is 8.03. The van der Waals surface area contributed by atoms with Crippen molar-refractivity contribution in [3.8, 4) is 0 Å². The molecule has 2 N–H and O–H groups in total. The van der Waals surface area contributed by atoms with Gasteiger partial charge in [0.1, 0.15) is 5.60 Å². The zero-order chi connectivity index (χ0) is 14.8. The number of carbonyl (C=O) groups excluding carboxylic acids is 1. The second-order valence-corrected chi connectivity index (χ2v) is 7.63. The topological polar surface area (TPSA) is 50.4 Å². The summed E-state index contributed by atoms with van der Waals surface area (Å²) in [4.78, 5) is 11.6. The Morgan fingerprint density at radius 3 is 2.60 bits per heavy atom. The highest BCUT2D eigenvalue weighted by molar-refractivity contribution is 5.67. The third kappa shape index (κ3) is 4.65. The standard InChI is InChI=1S/C16H30N2O2/c1-11(9-18-15(19)20-16(2,3)4)17-10-14-8-12-5-6-13(14)7-12/h11-14,17H,5-10H2,1-4H3,(H,18,19). The highest BCUT2D eigenvalue weighted by Crippen LogP contribution is 2.47. The number of hydrogen-bond donors (Lipinski definition) is 2. The van der Waals surface area contributed by atoms with Gasteiger partial charge in [-0.3, -0.25) is 0 Å². The van der Waals surface area contributed by atoms with Crippen LogP contribution in [-0.2, 0) is 4.74 Å². The molecule has 4 unspecified atom stereocenters. The van der Waals surface area contributed by atoms with Crippen LogP contribution in [0.3, 0.4) is 0 Å². The van der Waals surface area contributed by atoms with Crippen molar-refractivity contribution >= 4 is 6.09 Å². The van der Waals surface area contributed by atoms with Crippen LogP contribution in [0.4, 0.5) is 4.79 Å². The van der Waals surface area contributed by atoms with E-state index in [-0.39, 0.29) is 6.09 Å². The van der Waals surface area contributed by atoms with Crippen LogP contribution >= 0.6 is 0 Å². The number of carbonyl (C=O) groups is 1. The molecule has 4 nitrogen and oxygen atoms in total. The van der Waals surface area contributed by atoms with Gasteiger partial charge in [-0.05, 0) is 71.3 Å². The average molecular weight is 282 g/mol. The molecule has 116 valence electrons. The van der Waals surface area contributed by atoms with Crippen molar-refractivity contribution in [3.63, 3.8) is 0 Å². The second-order valence-electron chi connectivity index (χ2n) is 7.63. The molecule has 0 spiro atoms. The van der Waals surface area contributed by atoms with E-state index in [2.05, 4.69) is 17.6 Å². The number of alkyl carbamates (subject to hydrolysis) is 1. The Hall–Kier alpha value is -0.770. The van der Waals surface area contributed by atoms with Crippen LogP contribution in [0.2, 0.25) is 0 Å². The van der Waals surface area contributed by atoms with Crippen molar-refractivity contribution in [2.24, 2.45) is 17.8 Å². The predicted octanol–water partition coefficient (Wildman–Crippen LogP) is 2.93. The molecule has 2 fully saturated rings. The van der Waals surface area contributed by atoms with E-state index in [1.165, 1.54) is 25.7 Å². The van der Waals surface area contributed by atoms with E-state index >= 15 is 0 Å². The average Bonchev–Trinajstić information content (AvgIpc) is 2.93. The maximum atomic E-state index is 11.6. The number of rotatable bonds is 5. The number of hydrogen-bond acceptors (Lipinski definition) is 3. The number of fused-ring (bicyclic) bond motifs is 2. The highest BCUT2D eigenvalue weighted by Gasteiger charge is 2.39. The number of amides is 1. The lowest BCUT2D eigenvalue weighted by molar-refractivity contribution is 0.0523. The van der Waals surface area contributed by atoms with Gasteiger partial charge in [0, 0.05) is 12.6 Å². The molecule has 20 heavy (non-hydrogen) atoms. The smallest absolute Gasteiger partial charge is 0.407 e. The summed E-state index contributed by atoms with van der Waals surface area (Å²) in [5.41, 5.74) is -0.427. The minimum Gasteiger partial charge on any atom is -0.444 e. The molecule has 2 aliphatic rings. The van der Waals surface area contributed by atoms with Crippen LogP contribution in [-0.4, -0.2) is 30.8 Å². The van der Waals surface area contributed by atoms with Crippen molar-refractivity contribution < 1.29 is 9.53 Å². The molecule has 0 saturated heterocycles. The third-order valence-electron chi connectivity index (χ3n) is 4.56. The zero-order valence-corrected chi connectivity index (χ0v) is 13.4. The Morgan fingerprint density at radius 1 is 1.30 bits per heavy atom. The summed E-state index contributed by atoms with van der Waals surface area (Å²) in [7, 11) is 0. The molecule has 0 radical (unpaired) electrons. The van der Waals surface area contributed by atoms with E-state index in [0.29, 0.717) is 12.6 Å². The molecule has 0 heterocycles. The third-order valence-corrected chi connectivity index (χ3v) is 4.56. The first-order valence-electron chi connectivity index (χ1n) is 8.03. The van der Waals surface area contributed by atoms with Crippen molar-refractivity contribution in [2.75, 3.05) is 13.1 Å². The van der Waals surface area contributed by atoms with Crippen molar-refractivity contribution in [2.45, 2.75) is 65.0 Å². The summed E-state index contributed by atoms with van der Waals surface area (Å²) in [6.45, 7) is 9.47. The maximum absolute atomic E-state index is 11.6. The fraction of sp³-hybridized carbons (Fsp3) is 0.938. The Kier molecular flexibility index (Phi) is 4.95. The van der Waals surface area contributed by atoms with Crippen LogP contribution in [0.25, 0.3) is 0 Å². The van der Waals surface area contributed by atoms with Gasteiger partial charge in [-0.15, -0.1) is 0 Å². The van der Waals surface area contributed by atoms with Crippen LogP contribution in [0.5, 0.6) is 0 Å². The van der Waals surface area contributed by atoms with Gasteiger partial charge >= 0.3 is 6.09 Å². The quantitative estimate of drug-likeness (QED) is 0.815. The van der Waals surface area contributed by atoms with E-state index in [0.717, 1.165) is 24.3 Å². The molecule has 2 aliphatic carbocycles. The summed E-state index contributed by atoms with van der Waals surface area (Å²) in [5, 5.41) is 6.38. The summed E-state index contributed by atoms with van der Waals surface area (Å²) >= 11 is 0. The minimum absolute atomic E-state index is 0.293. The molecule has 1 amide bonds. The lowest BCUT2D eigenvalue weighted by Crippen LogP contribution is -2.43. The van der Waals surface area contributed by atoms with Crippen LogP contribution in [0, 0.1) is 17.8 Å². The van der Waals surface area contributed by atoms with Crippen molar-refractivity contribution in [1.29, 1.82) is 0 Å². The van der Waals surface area contributed by atoms with Crippen LogP contribution in [0.15, 0.2) is 0 Å². The molecule has 4 heteroatoms. The molecule has 4 atom stereocenters. The molecular weight excluding hydrogens is 252 g/mol. The van der Waals surface area contributed by atoms with Gasteiger partial charge in [-0.1, -0.05) is 6.42 Å². The Labute approximate surface area is 123 Å². The van der Waals surface area contributed by atoms with Crippen molar-refractivity contribution in [1.82, 2.24) is 10.6 Å². The summed E-state index contributed by atoms with van der Waals surface area (Å²) < 4.78 is 5.23. The van der Waals surface area contributed by atoms with Gasteiger partial charge in [0.25, 0.3) is 0 Å². The molecule has 2 bridgehead atoms. The molecule has 2 saturated carbocycles. The fourth-order valence-corrected chi connectivity index (χ4v) is 3.60. The zero-order valence-electron chi connectivity index (χ0n) is 13.4. The molecule has 0 aromatic rings. The number of ether oxygens (including phenoxy) is 1. The fourth-order valence-electron chi connectivity index (χ4n) is 3.60. The van der Waals surface area contributed by atoms with E-state index < -0.39 is 5.60 Å². The van der Waals surface area contributed by atoms with E-state index in [1.54, 1.807) is 0 Å². The predicted molar refractivity (Wildman–Crippen MR) is 80.6 cm³/mol. The van der Waals surface area contributed by atoms with Gasteiger partial charge in [-0.2, -0.15) is 0 Å². The van der Waals surface area contributed by atoms with Crippen LogP contribution in [0.1, 0.15) is 53.4 Å². The molecule has 0 aromatic carbocycles. The van der Waals surface area contributed by atoms with Gasteiger partial charge < -0.3 is 15.4 Å². The minimum atomic E-state index is -0.427. The molecular formula is C16H30N2O2. The first-order chi connectivity index (χ1) is 9.33.